The zero-order valence-electron chi connectivity index (χ0n) is 11.3. The summed E-state index contributed by atoms with van der Waals surface area (Å²) in [7, 11) is 0. The average Bonchev–Trinajstić information content (AvgIpc) is 2.61. The summed E-state index contributed by atoms with van der Waals surface area (Å²) in [4.78, 5) is 4.24. The van der Waals surface area contributed by atoms with E-state index in [1.807, 2.05) is 36.6 Å². The summed E-state index contributed by atoms with van der Waals surface area (Å²) in [6, 6.07) is 3.70. The van der Waals surface area contributed by atoms with Crippen molar-refractivity contribution in [3.63, 3.8) is 0 Å². The summed E-state index contributed by atoms with van der Waals surface area (Å²) in [6.45, 7) is 3.91. The first kappa shape index (κ1) is 21.2. The van der Waals surface area contributed by atoms with E-state index >= 15 is 0 Å². The highest BCUT2D eigenvalue weighted by molar-refractivity contribution is 5.86. The maximum Gasteiger partial charge on any atom is 0.161 e. The second-order valence-corrected chi connectivity index (χ2v) is 4.77. The number of imidazole rings is 1. The van der Waals surface area contributed by atoms with Crippen molar-refractivity contribution in [3.8, 4) is 11.8 Å². The Kier molecular flexibility index (Phi) is 8.72. The van der Waals surface area contributed by atoms with Crippen molar-refractivity contribution in [3.05, 3.63) is 30.2 Å². The summed E-state index contributed by atoms with van der Waals surface area (Å²) in [5.41, 5.74) is 13.6. The molecule has 2 heterocycles. The summed E-state index contributed by atoms with van der Waals surface area (Å²) in [6.07, 6.45) is 4.26. The number of hydrogen-bond donors (Lipinski definition) is 2. The van der Waals surface area contributed by atoms with Crippen LogP contribution in [0.4, 0.5) is 5.69 Å². The number of fused-ring (bicyclic) bond motifs is 1. The Morgan fingerprint density at radius 2 is 1.95 bits per heavy atom. The van der Waals surface area contributed by atoms with Crippen LogP contribution in [0, 0.1) is 11.8 Å². The van der Waals surface area contributed by atoms with Crippen molar-refractivity contribution < 1.29 is 0 Å². The van der Waals surface area contributed by atoms with E-state index in [1.165, 1.54) is 0 Å². The van der Waals surface area contributed by atoms with E-state index in [4.69, 9.17) is 11.5 Å². The van der Waals surface area contributed by atoms with Gasteiger partial charge in [0.15, 0.2) is 5.65 Å². The molecule has 0 saturated carbocycles. The Morgan fingerprint density at radius 3 is 2.55 bits per heavy atom. The van der Waals surface area contributed by atoms with Crippen LogP contribution in [0.2, 0.25) is 0 Å². The molecular formula is C13H19Cl3N4. The minimum absolute atomic E-state index is 0. The fourth-order valence-electron chi connectivity index (χ4n) is 1.49. The predicted octanol–water partition coefficient (Wildman–Crippen LogP) is 2.66. The van der Waals surface area contributed by atoms with Gasteiger partial charge in [0.1, 0.15) is 5.69 Å². The van der Waals surface area contributed by atoms with E-state index in [2.05, 4.69) is 16.8 Å². The zero-order chi connectivity index (χ0) is 12.5. The molecule has 0 aliphatic heterocycles. The van der Waals surface area contributed by atoms with Gasteiger partial charge in [0, 0.05) is 18.2 Å². The largest absolute Gasteiger partial charge is 0.396 e. The Labute approximate surface area is 137 Å². The van der Waals surface area contributed by atoms with Gasteiger partial charge in [-0.25, -0.2) is 4.98 Å². The summed E-state index contributed by atoms with van der Waals surface area (Å²) in [5, 5.41) is 0. The fourth-order valence-corrected chi connectivity index (χ4v) is 1.49. The summed E-state index contributed by atoms with van der Waals surface area (Å²) >= 11 is 0. The molecule has 0 aliphatic rings. The van der Waals surface area contributed by atoms with Gasteiger partial charge in [-0.3, -0.25) is 4.40 Å². The molecule has 0 amide bonds. The van der Waals surface area contributed by atoms with Gasteiger partial charge in [0.05, 0.1) is 11.9 Å². The van der Waals surface area contributed by atoms with Crippen LogP contribution in [-0.4, -0.2) is 14.9 Å². The highest BCUT2D eigenvalue weighted by Gasteiger charge is 2.07. The highest BCUT2D eigenvalue weighted by atomic mass is 35.5. The first-order valence-corrected chi connectivity index (χ1v) is 5.47. The smallest absolute Gasteiger partial charge is 0.161 e. The third kappa shape index (κ3) is 5.10. The minimum atomic E-state index is -0.271. The van der Waals surface area contributed by atoms with Crippen LogP contribution >= 0.6 is 37.2 Å². The molecule has 0 unspecified atom stereocenters. The number of anilines is 1. The maximum absolute atomic E-state index is 5.87. The molecule has 0 spiro atoms. The van der Waals surface area contributed by atoms with Crippen LogP contribution in [-0.2, 0) is 0 Å². The number of halogens is 3. The number of nitrogens with two attached hydrogens (primary N) is 2. The lowest BCUT2D eigenvalue weighted by atomic mass is 10.0. The second kappa shape index (κ2) is 8.23. The van der Waals surface area contributed by atoms with Gasteiger partial charge in [-0.05, 0) is 31.9 Å². The van der Waals surface area contributed by atoms with E-state index in [0.717, 1.165) is 11.3 Å². The van der Waals surface area contributed by atoms with Crippen LogP contribution in [0.15, 0.2) is 24.5 Å². The third-order valence-electron chi connectivity index (χ3n) is 2.33. The van der Waals surface area contributed by atoms with Gasteiger partial charge in [0.2, 0.25) is 0 Å². The fraction of sp³-hybridized carbons (Fsp3) is 0.308. The lowest BCUT2D eigenvalue weighted by Gasteiger charge is -2.12. The van der Waals surface area contributed by atoms with E-state index in [-0.39, 0.29) is 42.8 Å². The molecule has 2 rings (SSSR count). The molecule has 2 aromatic heterocycles. The van der Waals surface area contributed by atoms with Crippen LogP contribution < -0.4 is 11.5 Å². The molecule has 0 radical (unpaired) electrons. The van der Waals surface area contributed by atoms with Crippen molar-refractivity contribution in [1.29, 1.82) is 0 Å². The van der Waals surface area contributed by atoms with E-state index in [0.29, 0.717) is 12.1 Å². The molecule has 0 bridgehead atoms. The van der Waals surface area contributed by atoms with E-state index in [9.17, 15) is 0 Å². The lowest BCUT2D eigenvalue weighted by Crippen LogP contribution is -2.30. The molecule has 20 heavy (non-hydrogen) atoms. The quantitative estimate of drug-likeness (QED) is 0.786. The van der Waals surface area contributed by atoms with E-state index < -0.39 is 0 Å². The molecule has 0 fully saturated rings. The van der Waals surface area contributed by atoms with Gasteiger partial charge < -0.3 is 11.5 Å². The van der Waals surface area contributed by atoms with Gasteiger partial charge in [-0.15, -0.1) is 37.2 Å². The molecule has 0 aromatic carbocycles. The highest BCUT2D eigenvalue weighted by Crippen LogP contribution is 2.12. The molecule has 112 valence electrons. The molecule has 7 heteroatoms. The SMILES string of the molecule is CC(C)(N)CC#Cc1cnc2c(N)cccn12.Cl.Cl.Cl. The molecule has 0 saturated heterocycles. The maximum atomic E-state index is 5.87. The average molecular weight is 338 g/mol. The van der Waals surface area contributed by atoms with Crippen LogP contribution in [0.1, 0.15) is 26.0 Å². The number of rotatable bonds is 1. The van der Waals surface area contributed by atoms with Crippen molar-refractivity contribution in [2.24, 2.45) is 5.73 Å². The normalized spacial score (nSPS) is 9.55. The standard InChI is InChI=1S/C13H16N4.3ClH/c1-13(2,15)7-3-5-10-9-16-12-11(14)6-4-8-17(10)12;;;/h4,6,8-9H,7,14-15H2,1-2H3;3*1H. The molecule has 0 atom stereocenters. The Bertz CT molecular complexity index is 605. The van der Waals surface area contributed by atoms with Crippen molar-refractivity contribution in [2.45, 2.75) is 25.8 Å². The first-order valence-electron chi connectivity index (χ1n) is 5.47. The molecule has 0 aliphatic carbocycles. The Morgan fingerprint density at radius 1 is 1.30 bits per heavy atom. The molecule has 4 N–H and O–H groups in total. The number of nitrogens with zero attached hydrogens (tertiary/aromatic N) is 2. The molecule has 2 aromatic rings. The Balaban J connectivity index is 0. The minimum Gasteiger partial charge on any atom is -0.396 e. The van der Waals surface area contributed by atoms with E-state index in [1.54, 1.807) is 6.20 Å². The third-order valence-corrected chi connectivity index (χ3v) is 2.33. The number of nitrogen functional groups attached to an aromatic ring is 1. The van der Waals surface area contributed by atoms with Crippen LogP contribution in [0.3, 0.4) is 0 Å². The van der Waals surface area contributed by atoms with Gasteiger partial charge in [-0.1, -0.05) is 5.92 Å². The number of pyridine rings is 1. The first-order chi connectivity index (χ1) is 7.97. The molecular weight excluding hydrogens is 319 g/mol. The number of hydrogen-bond acceptors (Lipinski definition) is 3. The summed E-state index contributed by atoms with van der Waals surface area (Å²) in [5.74, 6) is 6.13. The monoisotopic (exact) mass is 336 g/mol. The van der Waals surface area contributed by atoms with Crippen LogP contribution in [0.25, 0.3) is 5.65 Å². The summed E-state index contributed by atoms with van der Waals surface area (Å²) < 4.78 is 1.88. The predicted molar refractivity (Wildman–Crippen MR) is 91.1 cm³/mol. The van der Waals surface area contributed by atoms with Crippen molar-refractivity contribution >= 4 is 48.6 Å². The van der Waals surface area contributed by atoms with Gasteiger partial charge >= 0.3 is 0 Å². The lowest BCUT2D eigenvalue weighted by molar-refractivity contribution is 0.536. The van der Waals surface area contributed by atoms with Crippen molar-refractivity contribution in [1.82, 2.24) is 9.38 Å². The molecule has 4 nitrogen and oxygen atoms in total. The van der Waals surface area contributed by atoms with Gasteiger partial charge in [0.25, 0.3) is 0 Å². The number of aromatic nitrogens is 2. The Hall–Kier alpha value is -1.12. The second-order valence-electron chi connectivity index (χ2n) is 4.77. The van der Waals surface area contributed by atoms with Gasteiger partial charge in [-0.2, -0.15) is 0 Å². The zero-order valence-corrected chi connectivity index (χ0v) is 13.7. The van der Waals surface area contributed by atoms with Crippen molar-refractivity contribution in [2.75, 3.05) is 5.73 Å². The topological polar surface area (TPSA) is 69.3 Å². The van der Waals surface area contributed by atoms with Crippen LogP contribution in [0.5, 0.6) is 0 Å².